The topological polar surface area (TPSA) is 274 Å². The molecule has 76 heavy (non-hydrogen) atoms. The number of halogens is 3. The van der Waals surface area contributed by atoms with E-state index in [-0.39, 0.29) is 55.6 Å². The number of nitrogen functional groups attached to an aromatic ring is 1. The van der Waals surface area contributed by atoms with Crippen molar-refractivity contribution in [3.63, 3.8) is 0 Å². The number of esters is 1. The maximum absolute atomic E-state index is 12.4. The van der Waals surface area contributed by atoms with Crippen molar-refractivity contribution in [3.05, 3.63) is 194 Å². The summed E-state index contributed by atoms with van der Waals surface area (Å²) in [5.41, 5.74) is 12.1. The first-order valence-corrected chi connectivity index (χ1v) is 24.0. The van der Waals surface area contributed by atoms with E-state index in [0.29, 0.717) is 45.1 Å². The quantitative estimate of drug-likeness (QED) is 0.0709. The van der Waals surface area contributed by atoms with Crippen molar-refractivity contribution in [1.82, 2.24) is 29.1 Å². The first-order chi connectivity index (χ1) is 35.4. The number of allylic oxidation sites excluding steroid dienone is 1. The number of aryl methyl sites for hydroxylation is 9. The van der Waals surface area contributed by atoms with Gasteiger partial charge < -0.3 is 35.2 Å². The molecule has 400 valence electrons. The molecule has 0 unspecified atom stereocenters. The average molecular weight is 1100 g/mol. The van der Waals surface area contributed by atoms with E-state index in [1.54, 1.807) is 99.2 Å². The van der Waals surface area contributed by atoms with Crippen LogP contribution >= 0.6 is 34.8 Å². The largest absolute Gasteiger partial charge is 0.508 e. The highest BCUT2D eigenvalue weighted by atomic mass is 35.5. The molecular formula is C54H57Cl3N8O11. The fraction of sp³-hybridized carbons (Fsp3) is 0.259. The van der Waals surface area contributed by atoms with Gasteiger partial charge >= 0.3 is 5.97 Å². The lowest BCUT2D eigenvalue weighted by atomic mass is 10.1. The van der Waals surface area contributed by atoms with Gasteiger partial charge in [0.25, 0.3) is 17.0 Å². The number of ether oxygens (including phenoxy) is 2. The molecule has 7 aromatic heterocycles. The molecule has 0 aliphatic carbocycles. The van der Waals surface area contributed by atoms with Gasteiger partial charge in [-0.2, -0.15) is 0 Å². The summed E-state index contributed by atoms with van der Waals surface area (Å²) in [4.78, 5) is 86.4. The summed E-state index contributed by atoms with van der Waals surface area (Å²) < 4.78 is 18.1. The first-order valence-electron chi connectivity index (χ1n) is 22.9. The van der Waals surface area contributed by atoms with Gasteiger partial charge in [-0.05, 0) is 129 Å². The summed E-state index contributed by atoms with van der Waals surface area (Å²) >= 11 is 17.5. The predicted molar refractivity (Wildman–Crippen MR) is 291 cm³/mol. The highest BCUT2D eigenvalue weighted by Gasteiger charge is 2.28. The van der Waals surface area contributed by atoms with Crippen molar-refractivity contribution in [2.75, 3.05) is 11.1 Å². The zero-order chi connectivity index (χ0) is 57.1. The zero-order valence-corrected chi connectivity index (χ0v) is 46.2. The molecule has 8 rings (SSSR count). The SMILES string of the molecule is CC(=O)c1c(O)cc(C)n(-c2cc(Cl)ncc2C)c1=O.CC1=CC(=O)OC(C)(C)O1.Cc1cc(=O)c(C(=O)Nc2cc(Cl)ncc2C)c(C)o1.Cc1cc(N)c(C)cn1.Cc1cnc(Cl)cc1-n1c(C)cc(O)cc1=O. The Morgan fingerprint density at radius 3 is 1.67 bits per heavy atom. The molecule has 7 aromatic rings. The van der Waals surface area contributed by atoms with Crippen molar-refractivity contribution in [2.45, 2.75) is 95.8 Å². The number of aromatic hydroxyl groups is 2. The monoisotopic (exact) mass is 1100 g/mol. The number of ketones is 1. The summed E-state index contributed by atoms with van der Waals surface area (Å²) in [6.07, 6.45) is 7.80. The smallest absolute Gasteiger partial charge is 0.337 e. The van der Waals surface area contributed by atoms with Gasteiger partial charge in [-0.25, -0.2) is 19.7 Å². The number of amides is 1. The van der Waals surface area contributed by atoms with Crippen LogP contribution in [0.4, 0.5) is 11.4 Å². The van der Waals surface area contributed by atoms with Crippen LogP contribution in [0.2, 0.25) is 15.5 Å². The number of carbonyl (C=O) groups is 3. The molecule has 0 spiro atoms. The first kappa shape index (κ1) is 60.4. The number of nitrogens with one attached hydrogen (secondary N) is 1. The lowest BCUT2D eigenvalue weighted by molar-refractivity contribution is -0.204. The van der Waals surface area contributed by atoms with Crippen molar-refractivity contribution < 1.29 is 38.5 Å². The molecule has 0 saturated heterocycles. The summed E-state index contributed by atoms with van der Waals surface area (Å²) in [6, 6.07) is 11.9. The Hall–Kier alpha value is -8.13. The van der Waals surface area contributed by atoms with Gasteiger partial charge in [0.05, 0.1) is 17.5 Å². The maximum Gasteiger partial charge on any atom is 0.337 e. The molecule has 0 atom stereocenters. The Morgan fingerprint density at radius 1 is 0.645 bits per heavy atom. The van der Waals surface area contributed by atoms with Crippen LogP contribution in [0.5, 0.6) is 11.5 Å². The van der Waals surface area contributed by atoms with Crippen molar-refractivity contribution in [2.24, 2.45) is 0 Å². The predicted octanol–water partition coefficient (Wildman–Crippen LogP) is 9.97. The highest BCUT2D eigenvalue weighted by molar-refractivity contribution is 6.30. The molecule has 0 bridgehead atoms. The normalized spacial score (nSPS) is 12.0. The van der Waals surface area contributed by atoms with Gasteiger partial charge in [0.2, 0.25) is 5.79 Å². The molecule has 5 N–H and O–H groups in total. The van der Waals surface area contributed by atoms with Crippen LogP contribution in [0.15, 0.2) is 104 Å². The fourth-order valence-electron chi connectivity index (χ4n) is 7.17. The van der Waals surface area contributed by atoms with Crippen molar-refractivity contribution in [3.8, 4) is 22.9 Å². The van der Waals surface area contributed by atoms with Gasteiger partial charge in [0.1, 0.15) is 55.4 Å². The third-order valence-electron chi connectivity index (χ3n) is 10.6. The molecule has 0 saturated carbocycles. The van der Waals surface area contributed by atoms with Crippen molar-refractivity contribution in [1.29, 1.82) is 0 Å². The fourth-order valence-corrected chi connectivity index (χ4v) is 7.63. The van der Waals surface area contributed by atoms with E-state index in [0.717, 1.165) is 33.6 Å². The number of aromatic nitrogens is 6. The molecule has 0 fully saturated rings. The number of Topliss-reactive ketones (excluding diaryl/α,β-unsaturated/α-hetero) is 1. The lowest BCUT2D eigenvalue weighted by Crippen LogP contribution is -2.33. The van der Waals surface area contributed by atoms with E-state index < -0.39 is 23.0 Å². The lowest BCUT2D eigenvalue weighted by Gasteiger charge is -2.29. The molecule has 1 amide bonds. The summed E-state index contributed by atoms with van der Waals surface area (Å²) in [5, 5.41) is 22.6. The number of hydrogen-bond donors (Lipinski definition) is 4. The Labute approximate surface area is 452 Å². The highest BCUT2D eigenvalue weighted by Crippen LogP contribution is 2.24. The molecule has 22 heteroatoms. The van der Waals surface area contributed by atoms with Crippen LogP contribution in [-0.4, -0.2) is 62.7 Å². The third-order valence-corrected chi connectivity index (χ3v) is 11.3. The second kappa shape index (κ2) is 25.9. The average Bonchev–Trinajstić information content (AvgIpc) is 3.28. The van der Waals surface area contributed by atoms with Crippen LogP contribution in [0.25, 0.3) is 11.4 Å². The van der Waals surface area contributed by atoms with Crippen molar-refractivity contribution >= 4 is 63.8 Å². The van der Waals surface area contributed by atoms with Gasteiger partial charge in [0, 0.05) is 85.3 Å². The van der Waals surface area contributed by atoms with E-state index in [9.17, 15) is 39.0 Å². The van der Waals surface area contributed by atoms with Crippen LogP contribution < -0.4 is 27.6 Å². The minimum Gasteiger partial charge on any atom is -0.508 e. The molecular weight excluding hydrogens is 1040 g/mol. The Morgan fingerprint density at radius 2 is 1.17 bits per heavy atom. The molecule has 0 radical (unpaired) electrons. The summed E-state index contributed by atoms with van der Waals surface area (Å²) in [7, 11) is 0. The van der Waals surface area contributed by atoms with Gasteiger partial charge in [-0.1, -0.05) is 34.8 Å². The van der Waals surface area contributed by atoms with E-state index >= 15 is 0 Å². The van der Waals surface area contributed by atoms with E-state index in [1.807, 2.05) is 26.8 Å². The van der Waals surface area contributed by atoms with Gasteiger partial charge in [-0.3, -0.25) is 38.1 Å². The molecule has 19 nitrogen and oxygen atoms in total. The van der Waals surface area contributed by atoms with Gasteiger partial charge in [-0.15, -0.1) is 0 Å². The Kier molecular flexibility index (Phi) is 20.6. The summed E-state index contributed by atoms with van der Waals surface area (Å²) in [5.74, 6) is -1.15. The number of anilines is 2. The maximum atomic E-state index is 12.4. The zero-order valence-electron chi connectivity index (χ0n) is 44.0. The third kappa shape index (κ3) is 16.4. The van der Waals surface area contributed by atoms with E-state index in [2.05, 4.69) is 25.3 Å². The van der Waals surface area contributed by atoms with E-state index in [1.165, 1.54) is 52.5 Å². The molecule has 8 heterocycles. The molecule has 0 aromatic carbocycles. The minimum atomic E-state index is -0.796. The number of carbonyl (C=O) groups excluding carboxylic acids is 3. The number of nitrogens with zero attached hydrogens (tertiary/aromatic N) is 6. The second-order valence-corrected chi connectivity index (χ2v) is 18.8. The van der Waals surface area contributed by atoms with Gasteiger partial charge in [0.15, 0.2) is 11.2 Å². The summed E-state index contributed by atoms with van der Waals surface area (Å²) in [6.45, 7) is 22.3. The van der Waals surface area contributed by atoms with Crippen LogP contribution in [0.1, 0.15) is 99.3 Å². The number of nitrogens with two attached hydrogens (primary N) is 1. The number of hydrogen-bond acceptors (Lipinski definition) is 16. The molecule has 1 aliphatic heterocycles. The number of rotatable bonds is 5. The van der Waals surface area contributed by atoms with Crippen LogP contribution in [0.3, 0.4) is 0 Å². The Balaban J connectivity index is 0.000000212. The van der Waals surface area contributed by atoms with Crippen LogP contribution in [0, 0.1) is 62.3 Å². The Bertz CT molecular complexity index is 3570. The minimum absolute atomic E-state index is 0.0112. The molecule has 1 aliphatic rings. The standard InChI is InChI=1S/2C14H13ClN2O3.C12H11ClN2O2.C7H10N2.C7H10O3/c1-7-6-16-12(15)5-10(7)17-14(19)13-9(3)20-8(2)4-11(13)18;1-7-6-16-12(15)5-10(7)17-8(2)4-11(19)13(9(3)18)14(17)20;1-7-6-14-11(13)5-10(7)15-8(2)3-9(16)4-12(15)17;1-5-4-9-6(2)3-7(5)8;1-5-4-6(8)10-7(2,3)9-5/h4-6H,1-3H3,(H,16,17,19);4-6,19H,1-3H3;3-6,16H,1-2H3;3-4H,1-2H3,(H2,8,9);4H,1-3H3. The second-order valence-electron chi connectivity index (χ2n) is 17.6. The number of pyridine rings is 6. The van der Waals surface area contributed by atoms with Crippen LogP contribution in [-0.2, 0) is 14.3 Å². The number of cyclic esters (lactones) is 1. The van der Waals surface area contributed by atoms with E-state index in [4.69, 9.17) is 54.4 Å².